The van der Waals surface area contributed by atoms with Gasteiger partial charge in [0.15, 0.2) is 11.5 Å². The predicted molar refractivity (Wildman–Crippen MR) is 73.5 cm³/mol. The smallest absolute Gasteiger partial charge is 0.169 e. The van der Waals surface area contributed by atoms with Crippen molar-refractivity contribution < 1.29 is 9.47 Å². The van der Waals surface area contributed by atoms with Crippen LogP contribution in [0.5, 0.6) is 17.2 Å². The number of hydrogen-bond acceptors (Lipinski definition) is 2. The first-order chi connectivity index (χ1) is 8.83. The Balaban J connectivity index is 2.22. The Labute approximate surface area is 108 Å². The van der Waals surface area contributed by atoms with Gasteiger partial charge in [0.2, 0.25) is 0 Å². The lowest BCUT2D eigenvalue weighted by atomic mass is 10.1. The van der Waals surface area contributed by atoms with E-state index in [2.05, 4.69) is 13.0 Å². The van der Waals surface area contributed by atoms with E-state index in [0.29, 0.717) is 0 Å². The molecule has 2 nitrogen and oxygen atoms in total. The minimum absolute atomic E-state index is 0.753. The van der Waals surface area contributed by atoms with Crippen molar-refractivity contribution in [2.75, 3.05) is 7.11 Å². The first kappa shape index (κ1) is 12.5. The highest BCUT2D eigenvalue weighted by Crippen LogP contribution is 2.32. The third-order valence-electron chi connectivity index (χ3n) is 2.74. The van der Waals surface area contributed by atoms with Crippen LogP contribution in [0.3, 0.4) is 0 Å². The number of hydrogen-bond donors (Lipinski definition) is 0. The van der Waals surface area contributed by atoms with Gasteiger partial charge in [-0.15, -0.1) is 0 Å². The lowest BCUT2D eigenvalue weighted by Gasteiger charge is -2.11. The summed E-state index contributed by atoms with van der Waals surface area (Å²) in [5.74, 6) is 2.35. The molecule has 0 amide bonds. The molecule has 0 saturated carbocycles. The second kappa shape index (κ2) is 6.10. The van der Waals surface area contributed by atoms with Gasteiger partial charge in [0.05, 0.1) is 7.11 Å². The van der Waals surface area contributed by atoms with Crippen molar-refractivity contribution in [3.8, 4) is 17.2 Å². The van der Waals surface area contributed by atoms with Crippen molar-refractivity contribution in [1.82, 2.24) is 0 Å². The van der Waals surface area contributed by atoms with Crippen molar-refractivity contribution in [3.05, 3.63) is 54.1 Å². The molecular formula is C16H18O2. The fourth-order valence-corrected chi connectivity index (χ4v) is 1.86. The second-order valence-corrected chi connectivity index (χ2v) is 4.15. The zero-order valence-corrected chi connectivity index (χ0v) is 10.8. The van der Waals surface area contributed by atoms with Gasteiger partial charge in [-0.2, -0.15) is 0 Å². The van der Waals surface area contributed by atoms with Gasteiger partial charge in [0, 0.05) is 0 Å². The molecule has 0 spiro atoms. The molecule has 0 saturated heterocycles. The van der Waals surface area contributed by atoms with Crippen molar-refractivity contribution in [1.29, 1.82) is 0 Å². The summed E-state index contributed by atoms with van der Waals surface area (Å²) in [6, 6.07) is 15.8. The Morgan fingerprint density at radius 3 is 2.39 bits per heavy atom. The molecule has 0 aliphatic carbocycles. The number of rotatable bonds is 5. The van der Waals surface area contributed by atoms with E-state index in [1.54, 1.807) is 7.11 Å². The number of methoxy groups -OCH3 is 1. The molecule has 0 atom stereocenters. The SMILES string of the molecule is CCCc1ccc(Oc2ccccc2)c(OC)c1. The average molecular weight is 242 g/mol. The number of benzene rings is 2. The highest BCUT2D eigenvalue weighted by molar-refractivity contribution is 5.45. The molecule has 2 aromatic rings. The van der Waals surface area contributed by atoms with Crippen LogP contribution in [0.1, 0.15) is 18.9 Å². The molecular weight excluding hydrogens is 224 g/mol. The standard InChI is InChI=1S/C16H18O2/c1-3-7-13-10-11-15(16(12-13)17-2)18-14-8-5-4-6-9-14/h4-6,8-12H,3,7H2,1-2H3. The van der Waals surface area contributed by atoms with Gasteiger partial charge in [0.25, 0.3) is 0 Å². The van der Waals surface area contributed by atoms with Crippen LogP contribution in [0.2, 0.25) is 0 Å². The lowest BCUT2D eigenvalue weighted by molar-refractivity contribution is 0.378. The van der Waals surface area contributed by atoms with Crippen LogP contribution in [0.25, 0.3) is 0 Å². The average Bonchev–Trinajstić information content (AvgIpc) is 2.42. The molecule has 18 heavy (non-hydrogen) atoms. The van der Waals surface area contributed by atoms with Gasteiger partial charge in [-0.1, -0.05) is 37.6 Å². The van der Waals surface area contributed by atoms with E-state index in [9.17, 15) is 0 Å². The predicted octanol–water partition coefficient (Wildman–Crippen LogP) is 4.44. The van der Waals surface area contributed by atoms with Crippen LogP contribution in [0.4, 0.5) is 0 Å². The van der Waals surface area contributed by atoms with Crippen LogP contribution in [0, 0.1) is 0 Å². The summed E-state index contributed by atoms with van der Waals surface area (Å²) in [6.45, 7) is 2.17. The molecule has 0 aliphatic heterocycles. The minimum Gasteiger partial charge on any atom is -0.493 e. The molecule has 0 fully saturated rings. The molecule has 0 aliphatic rings. The van der Waals surface area contributed by atoms with E-state index in [-0.39, 0.29) is 0 Å². The Hall–Kier alpha value is -1.96. The van der Waals surface area contributed by atoms with E-state index in [1.807, 2.05) is 42.5 Å². The van der Waals surface area contributed by atoms with E-state index < -0.39 is 0 Å². The highest BCUT2D eigenvalue weighted by Gasteiger charge is 2.06. The van der Waals surface area contributed by atoms with Crippen molar-refractivity contribution in [3.63, 3.8) is 0 Å². The van der Waals surface area contributed by atoms with E-state index in [4.69, 9.17) is 9.47 Å². The van der Waals surface area contributed by atoms with Gasteiger partial charge in [0.1, 0.15) is 5.75 Å². The van der Waals surface area contributed by atoms with Gasteiger partial charge in [-0.05, 0) is 36.2 Å². The maximum absolute atomic E-state index is 5.81. The zero-order valence-electron chi connectivity index (χ0n) is 10.8. The number of ether oxygens (including phenoxy) is 2. The largest absolute Gasteiger partial charge is 0.493 e. The molecule has 94 valence electrons. The minimum atomic E-state index is 0.753. The van der Waals surface area contributed by atoms with E-state index in [0.717, 1.165) is 30.1 Å². The molecule has 0 bridgehead atoms. The summed E-state index contributed by atoms with van der Waals surface area (Å²) in [6.07, 6.45) is 2.18. The van der Waals surface area contributed by atoms with Crippen LogP contribution >= 0.6 is 0 Å². The van der Waals surface area contributed by atoms with Crippen LogP contribution in [-0.2, 0) is 6.42 Å². The molecule has 0 unspecified atom stereocenters. The fourth-order valence-electron chi connectivity index (χ4n) is 1.86. The van der Waals surface area contributed by atoms with Gasteiger partial charge >= 0.3 is 0 Å². The number of aryl methyl sites for hydroxylation is 1. The first-order valence-corrected chi connectivity index (χ1v) is 6.23. The van der Waals surface area contributed by atoms with Crippen molar-refractivity contribution in [2.45, 2.75) is 19.8 Å². The van der Waals surface area contributed by atoms with Gasteiger partial charge in [-0.3, -0.25) is 0 Å². The Morgan fingerprint density at radius 1 is 0.944 bits per heavy atom. The van der Waals surface area contributed by atoms with Crippen molar-refractivity contribution >= 4 is 0 Å². The van der Waals surface area contributed by atoms with Crippen LogP contribution in [0.15, 0.2) is 48.5 Å². The Kier molecular flexibility index (Phi) is 4.24. The normalized spacial score (nSPS) is 10.1. The Morgan fingerprint density at radius 2 is 1.72 bits per heavy atom. The molecule has 2 heteroatoms. The monoisotopic (exact) mass is 242 g/mol. The molecule has 2 aromatic carbocycles. The third kappa shape index (κ3) is 3.04. The van der Waals surface area contributed by atoms with Crippen LogP contribution in [-0.4, -0.2) is 7.11 Å². The molecule has 0 aromatic heterocycles. The maximum Gasteiger partial charge on any atom is 0.169 e. The summed E-state index contributed by atoms with van der Waals surface area (Å²) in [5, 5.41) is 0. The number of para-hydroxylation sites is 1. The van der Waals surface area contributed by atoms with E-state index in [1.165, 1.54) is 5.56 Å². The Bertz CT molecular complexity index is 492. The van der Waals surface area contributed by atoms with Crippen molar-refractivity contribution in [2.24, 2.45) is 0 Å². The second-order valence-electron chi connectivity index (χ2n) is 4.15. The topological polar surface area (TPSA) is 18.5 Å². The lowest BCUT2D eigenvalue weighted by Crippen LogP contribution is -1.92. The molecule has 0 radical (unpaired) electrons. The summed E-state index contributed by atoms with van der Waals surface area (Å²) < 4.78 is 11.2. The first-order valence-electron chi connectivity index (χ1n) is 6.23. The van der Waals surface area contributed by atoms with Gasteiger partial charge < -0.3 is 9.47 Å². The zero-order chi connectivity index (χ0) is 12.8. The third-order valence-corrected chi connectivity index (χ3v) is 2.74. The summed E-state index contributed by atoms with van der Waals surface area (Å²) in [4.78, 5) is 0. The fraction of sp³-hybridized carbons (Fsp3) is 0.250. The van der Waals surface area contributed by atoms with Gasteiger partial charge in [-0.25, -0.2) is 0 Å². The summed E-state index contributed by atoms with van der Waals surface area (Å²) >= 11 is 0. The molecule has 2 rings (SSSR count). The summed E-state index contributed by atoms with van der Waals surface area (Å²) in [7, 11) is 1.67. The maximum atomic E-state index is 5.81. The highest BCUT2D eigenvalue weighted by atomic mass is 16.5. The van der Waals surface area contributed by atoms with E-state index >= 15 is 0 Å². The van der Waals surface area contributed by atoms with Crippen LogP contribution < -0.4 is 9.47 Å². The molecule has 0 N–H and O–H groups in total. The summed E-state index contributed by atoms with van der Waals surface area (Å²) in [5.41, 5.74) is 1.27. The molecule has 0 heterocycles. The quantitative estimate of drug-likeness (QED) is 0.771.